The second-order valence-corrected chi connectivity index (χ2v) is 11.8. The highest BCUT2D eigenvalue weighted by atomic mass is 35.5. The molecule has 190 valence electrons. The zero-order valence-electron chi connectivity index (χ0n) is 21.2. The van der Waals surface area contributed by atoms with Gasteiger partial charge in [0.25, 0.3) is 0 Å². The zero-order valence-corrected chi connectivity index (χ0v) is 22.0. The summed E-state index contributed by atoms with van der Waals surface area (Å²) in [6.07, 6.45) is 4.57. The molecule has 1 aromatic carbocycles. The molecule has 3 N–H and O–H groups in total. The van der Waals surface area contributed by atoms with Crippen LogP contribution in [-0.2, 0) is 17.6 Å². The molecule has 1 aromatic heterocycles. The van der Waals surface area contributed by atoms with Gasteiger partial charge in [-0.05, 0) is 49.1 Å². The van der Waals surface area contributed by atoms with Crippen molar-refractivity contribution in [3.8, 4) is 5.75 Å². The first-order chi connectivity index (χ1) is 16.5. The van der Waals surface area contributed by atoms with Crippen LogP contribution in [-0.4, -0.2) is 40.3 Å². The summed E-state index contributed by atoms with van der Waals surface area (Å²) >= 11 is 6.65. The SMILES string of the molecule is CC(=O)N[C@@H](Cc1ccccc1)[C@H](O)CN[C@H]1CC2(CCC2)Oc2c1cc(CC(C)(C)C)nc2Cl. The standard InChI is InChI=1S/C28H38ClN3O3/c1-18(33)31-22(13-19-9-6-5-7-10-19)24(34)17-30-23-16-28(11-8-12-28)35-25-21(23)14-20(32-26(25)29)15-27(2,3)4/h5-7,9-10,14,22-24,30,34H,8,11-13,15-17H2,1-4H3,(H,31,33)/t22-,23-,24+/m0/s1. The first-order valence-electron chi connectivity index (χ1n) is 12.6. The Labute approximate surface area is 213 Å². The summed E-state index contributed by atoms with van der Waals surface area (Å²) in [6, 6.07) is 11.6. The van der Waals surface area contributed by atoms with E-state index < -0.39 is 12.1 Å². The number of aliphatic hydroxyl groups is 1. The smallest absolute Gasteiger partial charge is 0.217 e. The number of carbonyl (C=O) groups excluding carboxylic acids is 1. The number of halogens is 1. The number of pyridine rings is 1. The molecule has 4 rings (SSSR count). The number of hydrogen-bond acceptors (Lipinski definition) is 5. The minimum absolute atomic E-state index is 0.0115. The van der Waals surface area contributed by atoms with E-state index in [9.17, 15) is 9.90 Å². The van der Waals surface area contributed by atoms with E-state index in [1.165, 1.54) is 6.92 Å². The highest BCUT2D eigenvalue weighted by Gasteiger charge is 2.46. The van der Waals surface area contributed by atoms with Gasteiger partial charge >= 0.3 is 0 Å². The summed E-state index contributed by atoms with van der Waals surface area (Å²) in [5, 5.41) is 18.1. The van der Waals surface area contributed by atoms with E-state index in [0.29, 0.717) is 23.9 Å². The molecule has 1 aliphatic carbocycles. The second kappa shape index (κ2) is 10.5. The molecule has 2 aliphatic rings. The van der Waals surface area contributed by atoms with Gasteiger partial charge in [-0.2, -0.15) is 0 Å². The van der Waals surface area contributed by atoms with Crippen molar-refractivity contribution in [1.29, 1.82) is 0 Å². The Morgan fingerprint density at radius 3 is 2.60 bits per heavy atom. The summed E-state index contributed by atoms with van der Waals surface area (Å²) in [5.74, 6) is 0.518. The minimum atomic E-state index is -0.755. The number of carbonyl (C=O) groups is 1. The van der Waals surface area contributed by atoms with Crippen molar-refractivity contribution >= 4 is 17.5 Å². The van der Waals surface area contributed by atoms with E-state index >= 15 is 0 Å². The van der Waals surface area contributed by atoms with Crippen molar-refractivity contribution in [2.24, 2.45) is 5.41 Å². The van der Waals surface area contributed by atoms with Crippen LogP contribution in [0.3, 0.4) is 0 Å². The Morgan fingerprint density at radius 2 is 2.00 bits per heavy atom. The van der Waals surface area contributed by atoms with Gasteiger partial charge in [-0.1, -0.05) is 62.7 Å². The molecule has 6 nitrogen and oxygen atoms in total. The van der Waals surface area contributed by atoms with Crippen molar-refractivity contribution in [2.45, 2.75) is 90.0 Å². The van der Waals surface area contributed by atoms with Gasteiger partial charge in [-0.25, -0.2) is 4.98 Å². The Bertz CT molecular complexity index is 1030. The van der Waals surface area contributed by atoms with E-state index in [-0.39, 0.29) is 23.0 Å². The zero-order chi connectivity index (χ0) is 25.2. The van der Waals surface area contributed by atoms with E-state index in [4.69, 9.17) is 16.3 Å². The van der Waals surface area contributed by atoms with Gasteiger partial charge in [0.05, 0.1) is 12.1 Å². The molecular formula is C28H38ClN3O3. The van der Waals surface area contributed by atoms with Crippen LogP contribution >= 0.6 is 11.6 Å². The Kier molecular flexibility index (Phi) is 7.74. The Hall–Kier alpha value is -2.15. The van der Waals surface area contributed by atoms with Crippen LogP contribution in [0.2, 0.25) is 5.15 Å². The summed E-state index contributed by atoms with van der Waals surface area (Å²) < 4.78 is 6.43. The largest absolute Gasteiger partial charge is 0.484 e. The first-order valence-corrected chi connectivity index (χ1v) is 13.0. The number of amides is 1. The molecule has 1 amide bonds. The summed E-state index contributed by atoms with van der Waals surface area (Å²) in [6.45, 7) is 8.38. The van der Waals surface area contributed by atoms with Gasteiger partial charge in [0.15, 0.2) is 10.9 Å². The molecule has 0 radical (unpaired) electrons. The van der Waals surface area contributed by atoms with Crippen LogP contribution in [0.25, 0.3) is 0 Å². The topological polar surface area (TPSA) is 83.5 Å². The number of benzene rings is 1. The lowest BCUT2D eigenvalue weighted by molar-refractivity contribution is -0.120. The first kappa shape index (κ1) is 25.9. The number of fused-ring (bicyclic) bond motifs is 1. The van der Waals surface area contributed by atoms with E-state index in [2.05, 4.69) is 42.5 Å². The maximum Gasteiger partial charge on any atom is 0.217 e. The fourth-order valence-electron chi connectivity index (χ4n) is 5.18. The van der Waals surface area contributed by atoms with E-state index in [0.717, 1.165) is 48.9 Å². The quantitative estimate of drug-likeness (QED) is 0.456. The van der Waals surface area contributed by atoms with Gasteiger partial charge in [0.2, 0.25) is 5.91 Å². The summed E-state index contributed by atoms with van der Waals surface area (Å²) in [4.78, 5) is 16.5. The van der Waals surface area contributed by atoms with Crippen LogP contribution in [0.15, 0.2) is 36.4 Å². The predicted octanol–water partition coefficient (Wildman–Crippen LogP) is 4.77. The van der Waals surface area contributed by atoms with Crippen LogP contribution in [0.5, 0.6) is 5.75 Å². The monoisotopic (exact) mass is 499 g/mol. The molecule has 2 aromatic rings. The van der Waals surface area contributed by atoms with Crippen molar-refractivity contribution in [1.82, 2.24) is 15.6 Å². The minimum Gasteiger partial charge on any atom is -0.484 e. The van der Waals surface area contributed by atoms with Crippen molar-refractivity contribution in [2.75, 3.05) is 6.54 Å². The maximum absolute atomic E-state index is 11.9. The van der Waals surface area contributed by atoms with E-state index in [1.807, 2.05) is 30.3 Å². The summed E-state index contributed by atoms with van der Waals surface area (Å²) in [5.41, 5.74) is 2.89. The van der Waals surface area contributed by atoms with Gasteiger partial charge in [-0.15, -0.1) is 0 Å². The third kappa shape index (κ3) is 6.54. The normalized spacial score (nSPS) is 20.3. The molecule has 2 heterocycles. The predicted molar refractivity (Wildman–Crippen MR) is 139 cm³/mol. The Morgan fingerprint density at radius 1 is 1.29 bits per heavy atom. The fraction of sp³-hybridized carbons (Fsp3) is 0.571. The number of nitrogens with one attached hydrogen (secondary N) is 2. The second-order valence-electron chi connectivity index (χ2n) is 11.4. The average molecular weight is 500 g/mol. The molecule has 7 heteroatoms. The average Bonchev–Trinajstić information content (AvgIpc) is 2.75. The molecule has 0 saturated heterocycles. The molecular weight excluding hydrogens is 462 g/mol. The van der Waals surface area contributed by atoms with Crippen molar-refractivity contribution < 1.29 is 14.6 Å². The molecule has 1 saturated carbocycles. The lowest BCUT2D eigenvalue weighted by atomic mass is 9.73. The van der Waals surface area contributed by atoms with Crippen LogP contribution in [0, 0.1) is 5.41 Å². The number of aliphatic hydroxyl groups excluding tert-OH is 1. The number of ether oxygens (including phenoxy) is 1. The number of aromatic nitrogens is 1. The Balaban J connectivity index is 1.53. The lowest BCUT2D eigenvalue weighted by Gasteiger charge is -2.48. The number of hydrogen-bond donors (Lipinski definition) is 3. The number of rotatable bonds is 8. The maximum atomic E-state index is 11.9. The third-order valence-corrected chi connectivity index (χ3v) is 7.24. The molecule has 1 fully saturated rings. The summed E-state index contributed by atoms with van der Waals surface area (Å²) in [7, 11) is 0. The lowest BCUT2D eigenvalue weighted by Crippen LogP contribution is -2.52. The molecule has 1 aliphatic heterocycles. The highest BCUT2D eigenvalue weighted by Crippen LogP contribution is 2.51. The van der Waals surface area contributed by atoms with Crippen LogP contribution < -0.4 is 15.4 Å². The fourth-order valence-corrected chi connectivity index (χ4v) is 5.44. The molecule has 0 bridgehead atoms. The van der Waals surface area contributed by atoms with Gasteiger partial charge in [0, 0.05) is 37.2 Å². The van der Waals surface area contributed by atoms with Crippen molar-refractivity contribution in [3.63, 3.8) is 0 Å². The van der Waals surface area contributed by atoms with Crippen molar-refractivity contribution in [3.05, 3.63) is 58.4 Å². The van der Waals surface area contributed by atoms with Gasteiger partial charge in [0.1, 0.15) is 5.60 Å². The van der Waals surface area contributed by atoms with Gasteiger partial charge in [-0.3, -0.25) is 4.79 Å². The molecule has 35 heavy (non-hydrogen) atoms. The van der Waals surface area contributed by atoms with Crippen LogP contribution in [0.4, 0.5) is 0 Å². The molecule has 0 unspecified atom stereocenters. The van der Waals surface area contributed by atoms with Gasteiger partial charge < -0.3 is 20.5 Å². The highest BCUT2D eigenvalue weighted by molar-refractivity contribution is 6.31. The number of nitrogens with zero attached hydrogens (tertiary/aromatic N) is 1. The molecule has 1 spiro atoms. The third-order valence-electron chi connectivity index (χ3n) is 6.98. The van der Waals surface area contributed by atoms with Crippen LogP contribution in [0.1, 0.15) is 76.2 Å². The molecule has 3 atom stereocenters. The van der Waals surface area contributed by atoms with E-state index in [1.54, 1.807) is 0 Å².